The molecule has 0 bridgehead atoms. The monoisotopic (exact) mass is 277 g/mol. The summed E-state index contributed by atoms with van der Waals surface area (Å²) in [5.41, 5.74) is 4.14. The van der Waals surface area contributed by atoms with E-state index in [1.54, 1.807) is 13.1 Å². The average molecular weight is 277 g/mol. The number of hydrogen-bond donors (Lipinski definition) is 1. The first-order valence-electron chi connectivity index (χ1n) is 5.76. The third-order valence-electron chi connectivity index (χ3n) is 3.02. The first kappa shape index (κ1) is 12.2. The second-order valence-electron chi connectivity index (χ2n) is 4.48. The van der Waals surface area contributed by atoms with Gasteiger partial charge < -0.3 is 10.2 Å². The molecule has 3 heterocycles. The van der Waals surface area contributed by atoms with E-state index in [9.17, 15) is 14.4 Å². The van der Waals surface area contributed by atoms with Gasteiger partial charge in [0.2, 0.25) is 5.91 Å². The van der Waals surface area contributed by atoms with E-state index in [-0.39, 0.29) is 17.0 Å². The van der Waals surface area contributed by atoms with E-state index in [1.165, 1.54) is 16.0 Å². The van der Waals surface area contributed by atoms with Crippen LogP contribution in [0.4, 0.5) is 0 Å². The van der Waals surface area contributed by atoms with Crippen LogP contribution in [0.15, 0.2) is 20.2 Å². The van der Waals surface area contributed by atoms with Crippen LogP contribution in [0.3, 0.4) is 0 Å². The fourth-order valence-electron chi connectivity index (χ4n) is 2.16. The summed E-state index contributed by atoms with van der Waals surface area (Å²) in [4.78, 5) is 39.5. The molecule has 0 fully saturated rings. The summed E-state index contributed by atoms with van der Waals surface area (Å²) in [6.45, 7) is 1.23. The molecule has 1 amide bonds. The Hall–Kier alpha value is -2.84. The number of carbonyl (C=O) groups is 1. The molecule has 0 atom stereocenters. The highest BCUT2D eigenvalue weighted by atomic mass is 16.4. The quantitative estimate of drug-likeness (QED) is 0.627. The molecule has 0 aliphatic carbocycles. The zero-order valence-electron chi connectivity index (χ0n) is 10.8. The molecule has 3 rings (SSSR count). The van der Waals surface area contributed by atoms with E-state index >= 15 is 0 Å². The fraction of sp³-hybridized carbons (Fsp3) is 0.273. The molecule has 0 spiro atoms. The lowest BCUT2D eigenvalue weighted by Crippen LogP contribution is -2.42. The Labute approximate surface area is 110 Å². The fourth-order valence-corrected chi connectivity index (χ4v) is 2.16. The molecule has 0 saturated heterocycles. The lowest BCUT2D eigenvalue weighted by Gasteiger charge is -2.05. The van der Waals surface area contributed by atoms with Crippen molar-refractivity contribution in [1.82, 2.24) is 18.5 Å². The van der Waals surface area contributed by atoms with Crippen LogP contribution in [0.2, 0.25) is 0 Å². The van der Waals surface area contributed by atoms with Crippen LogP contribution < -0.4 is 17.0 Å². The van der Waals surface area contributed by atoms with Crippen molar-refractivity contribution in [3.63, 3.8) is 0 Å². The number of fused-ring (bicyclic) bond motifs is 3. The topological polar surface area (TPSA) is 118 Å². The average Bonchev–Trinajstić information content (AvgIpc) is 2.87. The summed E-state index contributed by atoms with van der Waals surface area (Å²) >= 11 is 0. The van der Waals surface area contributed by atoms with Crippen molar-refractivity contribution in [2.45, 2.75) is 13.5 Å². The molecule has 104 valence electrons. The number of amides is 1. The molecule has 0 unspecified atom stereocenters. The molecule has 0 aliphatic heterocycles. The van der Waals surface area contributed by atoms with E-state index in [2.05, 4.69) is 4.98 Å². The van der Waals surface area contributed by atoms with Gasteiger partial charge >= 0.3 is 11.5 Å². The van der Waals surface area contributed by atoms with Crippen LogP contribution in [-0.2, 0) is 18.4 Å². The van der Waals surface area contributed by atoms with Crippen molar-refractivity contribution in [3.8, 4) is 0 Å². The van der Waals surface area contributed by atoms with Gasteiger partial charge in [0.05, 0.1) is 6.20 Å². The van der Waals surface area contributed by atoms with Crippen molar-refractivity contribution in [3.05, 3.63) is 32.8 Å². The SMILES string of the molecule is Cc1cn2c(nc3c2c(=O)n(CC(N)=O)c(=O)n3C)o1. The van der Waals surface area contributed by atoms with Crippen molar-refractivity contribution in [2.75, 3.05) is 0 Å². The summed E-state index contributed by atoms with van der Waals surface area (Å²) in [7, 11) is 1.46. The second kappa shape index (κ2) is 3.83. The third-order valence-corrected chi connectivity index (χ3v) is 3.02. The lowest BCUT2D eigenvalue weighted by molar-refractivity contribution is -0.118. The highest BCUT2D eigenvalue weighted by Crippen LogP contribution is 2.14. The van der Waals surface area contributed by atoms with Crippen LogP contribution in [0.5, 0.6) is 0 Å². The third kappa shape index (κ3) is 1.49. The first-order valence-corrected chi connectivity index (χ1v) is 5.76. The van der Waals surface area contributed by atoms with E-state index in [0.29, 0.717) is 5.76 Å². The summed E-state index contributed by atoms with van der Waals surface area (Å²) in [5.74, 6) is 0.0122. The number of oxazole rings is 1. The van der Waals surface area contributed by atoms with Crippen LogP contribution >= 0.6 is 0 Å². The van der Waals surface area contributed by atoms with Gasteiger partial charge in [0.25, 0.3) is 5.56 Å². The molecule has 9 nitrogen and oxygen atoms in total. The zero-order valence-corrected chi connectivity index (χ0v) is 10.8. The standard InChI is InChI=1S/C11H11N5O4/c1-5-3-15-7-8(13-10(15)20-5)14(2)11(19)16(9(7)18)4-6(12)17/h3H,4H2,1-2H3,(H2,12,17). The summed E-state index contributed by atoms with van der Waals surface area (Å²) in [6.07, 6.45) is 1.59. The van der Waals surface area contributed by atoms with Gasteiger partial charge in [-0.1, -0.05) is 0 Å². The molecule has 9 heteroatoms. The number of rotatable bonds is 2. The molecule has 3 aromatic rings. The molecule has 20 heavy (non-hydrogen) atoms. The van der Waals surface area contributed by atoms with Gasteiger partial charge in [0, 0.05) is 7.05 Å². The number of imidazole rings is 1. The lowest BCUT2D eigenvalue weighted by atomic mass is 10.4. The van der Waals surface area contributed by atoms with Gasteiger partial charge in [0.15, 0.2) is 11.2 Å². The number of aryl methyl sites for hydroxylation is 2. The maximum absolute atomic E-state index is 12.4. The minimum atomic E-state index is -0.771. The Morgan fingerprint density at radius 1 is 1.45 bits per heavy atom. The second-order valence-corrected chi connectivity index (χ2v) is 4.48. The van der Waals surface area contributed by atoms with Crippen LogP contribution in [0, 0.1) is 6.92 Å². The molecular weight excluding hydrogens is 266 g/mol. The zero-order chi connectivity index (χ0) is 14.6. The predicted molar refractivity (Wildman–Crippen MR) is 68.4 cm³/mol. The minimum Gasteiger partial charge on any atom is -0.428 e. The first-order chi connectivity index (χ1) is 9.40. The van der Waals surface area contributed by atoms with Crippen molar-refractivity contribution in [1.29, 1.82) is 0 Å². The van der Waals surface area contributed by atoms with Gasteiger partial charge in [-0.2, -0.15) is 4.98 Å². The molecule has 0 aliphatic rings. The van der Waals surface area contributed by atoms with Crippen LogP contribution in [0.25, 0.3) is 17.0 Å². The Morgan fingerprint density at radius 2 is 2.15 bits per heavy atom. The Bertz CT molecular complexity index is 971. The molecule has 0 saturated carbocycles. The number of carbonyl (C=O) groups excluding carboxylic acids is 1. The Kier molecular flexibility index (Phi) is 2.33. The molecule has 0 aromatic carbocycles. The highest BCUT2D eigenvalue weighted by molar-refractivity contribution is 5.76. The van der Waals surface area contributed by atoms with Gasteiger partial charge in [0.1, 0.15) is 12.3 Å². The molecule has 3 aromatic heterocycles. The summed E-state index contributed by atoms with van der Waals surface area (Å²) < 4.78 is 8.73. The predicted octanol–water partition coefficient (Wildman–Crippen LogP) is -1.27. The van der Waals surface area contributed by atoms with Gasteiger partial charge in [-0.25, -0.2) is 9.36 Å². The van der Waals surface area contributed by atoms with Crippen molar-refractivity contribution < 1.29 is 9.21 Å². The summed E-state index contributed by atoms with van der Waals surface area (Å²) in [6, 6.07) is 0. The summed E-state index contributed by atoms with van der Waals surface area (Å²) in [5, 5.41) is 0. The van der Waals surface area contributed by atoms with E-state index in [0.717, 1.165) is 4.57 Å². The normalized spacial score (nSPS) is 11.5. The maximum Gasteiger partial charge on any atom is 0.332 e. The van der Waals surface area contributed by atoms with E-state index in [1.807, 2.05) is 0 Å². The largest absolute Gasteiger partial charge is 0.428 e. The molecule has 2 N–H and O–H groups in total. The van der Waals surface area contributed by atoms with E-state index in [4.69, 9.17) is 10.2 Å². The maximum atomic E-state index is 12.4. The number of nitrogens with zero attached hydrogens (tertiary/aromatic N) is 4. The highest BCUT2D eigenvalue weighted by Gasteiger charge is 2.19. The van der Waals surface area contributed by atoms with Gasteiger partial charge in [-0.15, -0.1) is 0 Å². The van der Waals surface area contributed by atoms with Crippen LogP contribution in [-0.4, -0.2) is 24.4 Å². The Balaban J connectivity index is 2.53. The molecule has 0 radical (unpaired) electrons. The molecular formula is C11H11N5O4. The van der Waals surface area contributed by atoms with Gasteiger partial charge in [-0.05, 0) is 6.92 Å². The van der Waals surface area contributed by atoms with Gasteiger partial charge in [-0.3, -0.25) is 18.6 Å². The Morgan fingerprint density at radius 3 is 2.80 bits per heavy atom. The van der Waals surface area contributed by atoms with Crippen molar-refractivity contribution in [2.24, 2.45) is 12.8 Å². The smallest absolute Gasteiger partial charge is 0.332 e. The number of nitrogens with two attached hydrogens (primary N) is 1. The van der Waals surface area contributed by atoms with Crippen LogP contribution in [0.1, 0.15) is 5.76 Å². The van der Waals surface area contributed by atoms with E-state index < -0.39 is 23.7 Å². The van der Waals surface area contributed by atoms with Crippen molar-refractivity contribution >= 4 is 22.9 Å². The number of primary amides is 1. The number of aromatic nitrogens is 4. The number of hydrogen-bond acceptors (Lipinski definition) is 5. The minimum absolute atomic E-state index is 0.167.